The fourth-order valence-corrected chi connectivity index (χ4v) is 0.787. The van der Waals surface area contributed by atoms with Crippen LogP contribution in [0.3, 0.4) is 0 Å². The monoisotopic (exact) mass is 167 g/mol. The van der Waals surface area contributed by atoms with Crippen molar-refractivity contribution in [2.45, 2.75) is 19.9 Å². The molecule has 0 aliphatic carbocycles. The lowest BCUT2D eigenvalue weighted by molar-refractivity contribution is 0.365. The highest BCUT2D eigenvalue weighted by Crippen LogP contribution is 1.96. The van der Waals surface area contributed by atoms with Gasteiger partial charge < -0.3 is 9.84 Å². The Labute approximate surface area is 71.7 Å². The number of hydrogen-bond acceptors (Lipinski definition) is 4. The van der Waals surface area contributed by atoms with Crippen molar-refractivity contribution in [3.63, 3.8) is 0 Å². The molecule has 0 unspecified atom stereocenters. The third kappa shape index (κ3) is 2.47. The Hall–Kier alpha value is -1.16. The lowest BCUT2D eigenvalue weighted by atomic mass is 10.5. The van der Waals surface area contributed by atoms with Gasteiger partial charge in [0.15, 0.2) is 5.82 Å². The highest BCUT2D eigenvalue weighted by molar-refractivity contribution is 4.85. The first kappa shape index (κ1) is 8.93. The summed E-state index contributed by atoms with van der Waals surface area (Å²) in [5.74, 6) is 1.39. The minimum Gasteiger partial charge on any atom is -0.338 e. The third-order valence-electron chi connectivity index (χ3n) is 1.39. The quantitative estimate of drug-likeness (QED) is 0.523. The summed E-state index contributed by atoms with van der Waals surface area (Å²) in [6, 6.07) is 0. The molecule has 0 spiro atoms. The van der Waals surface area contributed by atoms with Crippen molar-refractivity contribution in [1.82, 2.24) is 15.5 Å². The molecule has 0 amide bonds. The molecular weight excluding hydrogens is 154 g/mol. The summed E-state index contributed by atoms with van der Waals surface area (Å²) in [6.45, 7) is 6.94. The molecule has 12 heavy (non-hydrogen) atoms. The van der Waals surface area contributed by atoms with Crippen LogP contribution < -0.4 is 5.32 Å². The molecule has 0 aliphatic heterocycles. The fraction of sp³-hybridized carbons (Fsp3) is 0.500. The van der Waals surface area contributed by atoms with Crippen LogP contribution in [-0.2, 0) is 13.0 Å². The van der Waals surface area contributed by atoms with Gasteiger partial charge in [-0.15, -0.1) is 6.58 Å². The maximum absolute atomic E-state index is 4.94. The van der Waals surface area contributed by atoms with Gasteiger partial charge in [0, 0.05) is 13.0 Å². The predicted molar refractivity (Wildman–Crippen MR) is 45.6 cm³/mol. The fourth-order valence-electron chi connectivity index (χ4n) is 0.787. The molecule has 4 heteroatoms. The number of nitrogens with one attached hydrogen (secondary N) is 1. The second-order valence-electron chi connectivity index (χ2n) is 2.38. The first-order valence-electron chi connectivity index (χ1n) is 4.00. The van der Waals surface area contributed by atoms with Crippen molar-refractivity contribution in [1.29, 1.82) is 0 Å². The van der Waals surface area contributed by atoms with Crippen LogP contribution in [-0.4, -0.2) is 16.7 Å². The molecule has 66 valence electrons. The van der Waals surface area contributed by atoms with Crippen molar-refractivity contribution < 1.29 is 4.52 Å². The molecule has 1 aromatic heterocycles. The zero-order chi connectivity index (χ0) is 8.81. The van der Waals surface area contributed by atoms with Gasteiger partial charge in [-0.3, -0.25) is 0 Å². The van der Waals surface area contributed by atoms with Crippen LogP contribution >= 0.6 is 0 Å². The molecule has 1 heterocycles. The molecule has 0 aliphatic rings. The third-order valence-corrected chi connectivity index (χ3v) is 1.39. The summed E-state index contributed by atoms with van der Waals surface area (Å²) in [5, 5.41) is 6.84. The van der Waals surface area contributed by atoms with E-state index in [1.807, 2.05) is 6.92 Å². The molecule has 0 aromatic carbocycles. The van der Waals surface area contributed by atoms with Crippen molar-refractivity contribution in [2.24, 2.45) is 0 Å². The highest BCUT2D eigenvalue weighted by Gasteiger charge is 2.01. The van der Waals surface area contributed by atoms with Crippen molar-refractivity contribution in [2.75, 3.05) is 6.54 Å². The molecule has 1 aromatic rings. The first-order chi connectivity index (χ1) is 5.86. The summed E-state index contributed by atoms with van der Waals surface area (Å²) in [5.41, 5.74) is 0. The van der Waals surface area contributed by atoms with Crippen LogP contribution in [0.25, 0.3) is 0 Å². The molecule has 0 saturated carbocycles. The number of rotatable bonds is 5. The average molecular weight is 167 g/mol. The summed E-state index contributed by atoms with van der Waals surface area (Å²) in [6.07, 6.45) is 2.60. The number of hydrogen-bond donors (Lipinski definition) is 1. The summed E-state index contributed by atoms with van der Waals surface area (Å²) >= 11 is 0. The van der Waals surface area contributed by atoms with E-state index >= 15 is 0 Å². The summed E-state index contributed by atoms with van der Waals surface area (Å²) in [4.78, 5) is 4.13. The van der Waals surface area contributed by atoms with Gasteiger partial charge in [-0.2, -0.15) is 4.98 Å². The van der Waals surface area contributed by atoms with Crippen LogP contribution in [0.2, 0.25) is 0 Å². The molecule has 1 rings (SSSR count). The molecule has 1 N–H and O–H groups in total. The molecule has 4 nitrogen and oxygen atoms in total. The van der Waals surface area contributed by atoms with E-state index in [9.17, 15) is 0 Å². The van der Waals surface area contributed by atoms with Gasteiger partial charge in [0.1, 0.15) is 0 Å². The largest absolute Gasteiger partial charge is 0.338 e. The average Bonchev–Trinajstić information content (AvgIpc) is 2.53. The molecule has 0 bridgehead atoms. The van der Waals surface area contributed by atoms with Crippen molar-refractivity contribution >= 4 is 0 Å². The Morgan fingerprint density at radius 3 is 3.08 bits per heavy atom. The lowest BCUT2D eigenvalue weighted by Crippen LogP contribution is -2.12. The minimum atomic E-state index is 0.610. The predicted octanol–water partition coefficient (Wildman–Crippen LogP) is 0.908. The number of aromatic nitrogens is 2. The molecule has 0 radical (unpaired) electrons. The van der Waals surface area contributed by atoms with Crippen LogP contribution in [0, 0.1) is 0 Å². The normalized spacial score (nSPS) is 10.1. The van der Waals surface area contributed by atoms with Gasteiger partial charge in [0.25, 0.3) is 0 Å². The van der Waals surface area contributed by atoms with E-state index in [-0.39, 0.29) is 0 Å². The van der Waals surface area contributed by atoms with E-state index in [1.54, 1.807) is 6.08 Å². The van der Waals surface area contributed by atoms with Crippen molar-refractivity contribution in [3.05, 3.63) is 24.4 Å². The number of aryl methyl sites for hydroxylation is 1. The maximum Gasteiger partial charge on any atom is 0.240 e. The SMILES string of the molecule is C=CCNCc1nc(CC)no1. The van der Waals surface area contributed by atoms with E-state index in [4.69, 9.17) is 4.52 Å². The van der Waals surface area contributed by atoms with E-state index in [1.165, 1.54) is 0 Å². The van der Waals surface area contributed by atoms with Gasteiger partial charge in [0.2, 0.25) is 5.89 Å². The molecule has 0 fully saturated rings. The highest BCUT2D eigenvalue weighted by atomic mass is 16.5. The van der Waals surface area contributed by atoms with E-state index in [0.29, 0.717) is 12.4 Å². The van der Waals surface area contributed by atoms with E-state index in [2.05, 4.69) is 22.0 Å². The molecular formula is C8H13N3O. The van der Waals surface area contributed by atoms with Gasteiger partial charge in [0.05, 0.1) is 6.54 Å². The lowest BCUT2D eigenvalue weighted by Gasteiger charge is -1.93. The Bertz CT molecular complexity index is 244. The standard InChI is InChI=1S/C8H13N3O/c1-3-5-9-6-8-10-7(4-2)11-12-8/h3,9H,1,4-6H2,2H3. The van der Waals surface area contributed by atoms with Crippen LogP contribution in [0.1, 0.15) is 18.6 Å². The van der Waals surface area contributed by atoms with Crippen LogP contribution in [0.4, 0.5) is 0 Å². The van der Waals surface area contributed by atoms with Gasteiger partial charge >= 0.3 is 0 Å². The Balaban J connectivity index is 2.36. The van der Waals surface area contributed by atoms with Gasteiger partial charge in [-0.1, -0.05) is 18.2 Å². The topological polar surface area (TPSA) is 51.0 Å². The minimum absolute atomic E-state index is 0.610. The molecule has 0 atom stereocenters. The first-order valence-corrected chi connectivity index (χ1v) is 4.00. The zero-order valence-electron chi connectivity index (χ0n) is 7.21. The Kier molecular flexibility index (Phi) is 3.47. The van der Waals surface area contributed by atoms with Crippen LogP contribution in [0.5, 0.6) is 0 Å². The van der Waals surface area contributed by atoms with E-state index < -0.39 is 0 Å². The summed E-state index contributed by atoms with van der Waals surface area (Å²) in [7, 11) is 0. The Morgan fingerprint density at radius 2 is 2.50 bits per heavy atom. The summed E-state index contributed by atoms with van der Waals surface area (Å²) < 4.78 is 4.94. The Morgan fingerprint density at radius 1 is 1.67 bits per heavy atom. The second-order valence-corrected chi connectivity index (χ2v) is 2.38. The van der Waals surface area contributed by atoms with E-state index in [0.717, 1.165) is 18.8 Å². The van der Waals surface area contributed by atoms with Crippen LogP contribution in [0.15, 0.2) is 17.2 Å². The van der Waals surface area contributed by atoms with Gasteiger partial charge in [-0.25, -0.2) is 0 Å². The van der Waals surface area contributed by atoms with Crippen molar-refractivity contribution in [3.8, 4) is 0 Å². The number of nitrogens with zero attached hydrogens (tertiary/aromatic N) is 2. The zero-order valence-corrected chi connectivity index (χ0v) is 7.21. The maximum atomic E-state index is 4.94. The smallest absolute Gasteiger partial charge is 0.240 e. The second kappa shape index (κ2) is 4.66. The molecule has 0 saturated heterocycles. The van der Waals surface area contributed by atoms with Gasteiger partial charge in [-0.05, 0) is 0 Å².